The van der Waals surface area contributed by atoms with Gasteiger partial charge in [0, 0.05) is 12.6 Å². The molecule has 0 N–H and O–H groups in total. The first-order valence-electron chi connectivity index (χ1n) is 6.89. The number of aromatic nitrogens is 1. The van der Waals surface area contributed by atoms with E-state index in [9.17, 15) is 22.0 Å². The Morgan fingerprint density at radius 1 is 1.48 bits per heavy atom. The Bertz CT molecular complexity index is 621. The van der Waals surface area contributed by atoms with Crippen LogP contribution < -0.4 is 4.90 Å². The minimum Gasteiger partial charge on any atom is -0.366 e. The molecule has 1 saturated heterocycles. The van der Waals surface area contributed by atoms with Crippen molar-refractivity contribution in [1.29, 1.82) is 5.26 Å². The van der Waals surface area contributed by atoms with E-state index in [1.165, 1.54) is 11.1 Å². The Hall–Kier alpha value is -2.17. The number of alkyl halides is 5. The lowest BCUT2D eigenvalue weighted by molar-refractivity contribution is -0.137. The highest BCUT2D eigenvalue weighted by Gasteiger charge is 2.40. The molecule has 0 amide bonds. The molecular weight excluding hydrogens is 317 g/mol. The summed E-state index contributed by atoms with van der Waals surface area (Å²) in [5, 5.41) is 8.79. The molecule has 0 unspecified atom stereocenters. The molecule has 3 nitrogen and oxygen atoms in total. The third-order valence-corrected chi connectivity index (χ3v) is 3.82. The van der Waals surface area contributed by atoms with Gasteiger partial charge in [-0.2, -0.15) is 18.4 Å². The number of halogens is 5. The van der Waals surface area contributed by atoms with Crippen LogP contribution in [0.3, 0.4) is 0 Å². The zero-order chi connectivity index (χ0) is 17.2. The lowest BCUT2D eigenvalue weighted by Gasteiger charge is -2.27. The molecule has 1 aromatic rings. The minimum absolute atomic E-state index is 0.159. The Labute approximate surface area is 130 Å². The van der Waals surface area contributed by atoms with Crippen molar-refractivity contribution in [1.82, 2.24) is 4.98 Å². The molecular formula is C15H14F5N3. The van der Waals surface area contributed by atoms with Crippen LogP contribution in [0.25, 0.3) is 0 Å². The largest absolute Gasteiger partial charge is 0.391 e. The molecule has 2 atom stereocenters. The fraction of sp³-hybridized carbons (Fsp3) is 0.467. The van der Waals surface area contributed by atoms with E-state index in [1.54, 1.807) is 12.1 Å². The average Bonchev–Trinajstić information content (AvgIpc) is 2.87. The van der Waals surface area contributed by atoms with Gasteiger partial charge in [-0.15, -0.1) is 6.58 Å². The monoisotopic (exact) mass is 331 g/mol. The zero-order valence-corrected chi connectivity index (χ0v) is 12.0. The fourth-order valence-electron chi connectivity index (χ4n) is 2.79. The van der Waals surface area contributed by atoms with Gasteiger partial charge in [-0.3, -0.25) is 0 Å². The van der Waals surface area contributed by atoms with Crippen LogP contribution in [0.5, 0.6) is 0 Å². The maximum absolute atomic E-state index is 13.0. The Balaban J connectivity index is 2.36. The molecule has 0 aliphatic carbocycles. The highest BCUT2D eigenvalue weighted by molar-refractivity contribution is 5.52. The van der Waals surface area contributed by atoms with E-state index in [4.69, 9.17) is 5.26 Å². The predicted octanol–water partition coefficient (Wildman–Crippen LogP) is 4.22. The van der Waals surface area contributed by atoms with Crippen molar-refractivity contribution < 1.29 is 22.0 Å². The third kappa shape index (κ3) is 3.97. The van der Waals surface area contributed by atoms with E-state index in [2.05, 4.69) is 11.6 Å². The number of pyridine rings is 1. The molecule has 0 aromatic carbocycles. The van der Waals surface area contributed by atoms with Gasteiger partial charge in [0.05, 0.1) is 23.9 Å². The summed E-state index contributed by atoms with van der Waals surface area (Å²) in [4.78, 5) is 5.07. The van der Waals surface area contributed by atoms with Gasteiger partial charge >= 0.3 is 6.18 Å². The fourth-order valence-corrected chi connectivity index (χ4v) is 2.79. The van der Waals surface area contributed by atoms with Crippen molar-refractivity contribution in [3.8, 4) is 6.07 Å². The van der Waals surface area contributed by atoms with Crippen LogP contribution in [0.1, 0.15) is 30.5 Å². The van der Waals surface area contributed by atoms with Crippen LogP contribution >= 0.6 is 0 Å². The molecule has 8 heteroatoms. The maximum Gasteiger partial charge on any atom is 0.391 e. The van der Waals surface area contributed by atoms with Gasteiger partial charge in [-0.25, -0.2) is 13.8 Å². The number of hydrogen-bond acceptors (Lipinski definition) is 3. The van der Waals surface area contributed by atoms with Gasteiger partial charge in [-0.1, -0.05) is 6.08 Å². The molecule has 1 aliphatic heterocycles. The molecule has 23 heavy (non-hydrogen) atoms. The van der Waals surface area contributed by atoms with Crippen LogP contribution in [0, 0.1) is 17.2 Å². The van der Waals surface area contributed by atoms with Gasteiger partial charge in [0.15, 0.2) is 0 Å². The number of hydrogen-bond donors (Lipinski definition) is 0. The molecule has 2 heterocycles. The van der Waals surface area contributed by atoms with E-state index in [-0.39, 0.29) is 24.6 Å². The minimum atomic E-state index is -4.36. The lowest BCUT2D eigenvalue weighted by Crippen LogP contribution is -2.33. The van der Waals surface area contributed by atoms with Crippen molar-refractivity contribution >= 4 is 5.69 Å². The SMILES string of the molecule is C=C[C@@H]1C[C@H](CC(F)(F)F)N(c2cnc(C#N)c(C(F)F)c2)C1. The zero-order valence-electron chi connectivity index (χ0n) is 12.0. The third-order valence-electron chi connectivity index (χ3n) is 3.82. The van der Waals surface area contributed by atoms with Gasteiger partial charge in [0.2, 0.25) is 0 Å². The molecule has 1 fully saturated rings. The molecule has 124 valence electrons. The summed E-state index contributed by atoms with van der Waals surface area (Å²) in [5.41, 5.74) is -0.827. The predicted molar refractivity (Wildman–Crippen MR) is 74.0 cm³/mol. The topological polar surface area (TPSA) is 39.9 Å². The molecule has 1 aromatic heterocycles. The Morgan fingerprint density at radius 2 is 2.17 bits per heavy atom. The van der Waals surface area contributed by atoms with Gasteiger partial charge in [-0.05, 0) is 18.4 Å². The Kier molecular flexibility index (Phi) is 4.88. The van der Waals surface area contributed by atoms with Gasteiger partial charge < -0.3 is 4.90 Å². The first-order valence-corrected chi connectivity index (χ1v) is 6.89. The normalized spacial score (nSPS) is 21.5. The van der Waals surface area contributed by atoms with Crippen LogP contribution in [0.4, 0.5) is 27.6 Å². The lowest BCUT2D eigenvalue weighted by atomic mass is 10.0. The summed E-state index contributed by atoms with van der Waals surface area (Å²) in [6.45, 7) is 3.84. The first-order chi connectivity index (χ1) is 10.7. The maximum atomic E-state index is 13.0. The number of rotatable bonds is 4. The molecule has 0 saturated carbocycles. The molecule has 0 spiro atoms. The van der Waals surface area contributed by atoms with E-state index in [1.807, 2.05) is 0 Å². The second kappa shape index (κ2) is 6.52. The van der Waals surface area contributed by atoms with Crippen molar-refractivity contribution in [2.45, 2.75) is 31.5 Å². The molecule has 0 bridgehead atoms. The smallest absolute Gasteiger partial charge is 0.366 e. The van der Waals surface area contributed by atoms with Crippen LogP contribution in [0.2, 0.25) is 0 Å². The second-order valence-corrected chi connectivity index (χ2v) is 5.40. The summed E-state index contributed by atoms with van der Waals surface area (Å²) in [6.07, 6.45) is -5.34. The van der Waals surface area contributed by atoms with E-state index < -0.39 is 36.3 Å². The summed E-state index contributed by atoms with van der Waals surface area (Å²) in [5.74, 6) is -0.159. The van der Waals surface area contributed by atoms with Gasteiger partial charge in [0.1, 0.15) is 11.8 Å². The van der Waals surface area contributed by atoms with Crippen LogP contribution in [-0.4, -0.2) is 23.7 Å². The quantitative estimate of drug-likeness (QED) is 0.612. The van der Waals surface area contributed by atoms with Gasteiger partial charge in [0.25, 0.3) is 6.43 Å². The second-order valence-electron chi connectivity index (χ2n) is 5.40. The highest BCUT2D eigenvalue weighted by atomic mass is 19.4. The molecule has 1 aliphatic rings. The van der Waals surface area contributed by atoms with Crippen molar-refractivity contribution in [3.05, 3.63) is 36.2 Å². The van der Waals surface area contributed by atoms with E-state index in [0.29, 0.717) is 0 Å². The molecule has 2 rings (SSSR count). The summed E-state index contributed by atoms with van der Waals surface area (Å²) in [7, 11) is 0. The summed E-state index contributed by atoms with van der Waals surface area (Å²) in [6, 6.07) is 1.74. The number of anilines is 1. The summed E-state index contributed by atoms with van der Waals surface area (Å²) >= 11 is 0. The Morgan fingerprint density at radius 3 is 2.70 bits per heavy atom. The van der Waals surface area contributed by atoms with Crippen molar-refractivity contribution in [2.75, 3.05) is 11.4 Å². The van der Waals surface area contributed by atoms with Crippen molar-refractivity contribution in [2.24, 2.45) is 5.92 Å². The summed E-state index contributed by atoms with van der Waals surface area (Å²) < 4.78 is 64.1. The van der Waals surface area contributed by atoms with E-state index in [0.717, 1.165) is 6.07 Å². The standard InChI is InChI=1S/C15H14F5N3/c1-2-9-3-10(5-15(18,19)20)23(8-9)11-4-12(14(16)17)13(6-21)22-7-11/h2,4,7,9-10,14H,1,3,5,8H2/t9-,10-/m1/s1. The average molecular weight is 331 g/mol. The number of nitrogens with zero attached hydrogens (tertiary/aromatic N) is 3. The van der Waals surface area contributed by atoms with Crippen LogP contribution in [-0.2, 0) is 0 Å². The first kappa shape index (κ1) is 17.2. The van der Waals surface area contributed by atoms with E-state index >= 15 is 0 Å². The van der Waals surface area contributed by atoms with Crippen molar-refractivity contribution in [3.63, 3.8) is 0 Å². The molecule has 0 radical (unpaired) electrons. The number of nitriles is 1. The van der Waals surface area contributed by atoms with Crippen LogP contribution in [0.15, 0.2) is 24.9 Å². The highest BCUT2D eigenvalue weighted by Crippen LogP contribution is 2.37.